The maximum absolute atomic E-state index is 12.4. The third kappa shape index (κ3) is 3.66. The Bertz CT molecular complexity index is 276. The van der Waals surface area contributed by atoms with Gasteiger partial charge in [-0.3, -0.25) is 0 Å². The van der Waals surface area contributed by atoms with Gasteiger partial charge in [-0.05, 0) is 20.3 Å². The predicted molar refractivity (Wildman–Crippen MR) is 51.4 cm³/mol. The van der Waals surface area contributed by atoms with E-state index >= 15 is 0 Å². The van der Waals surface area contributed by atoms with E-state index in [0.717, 1.165) is 12.4 Å². The van der Waals surface area contributed by atoms with Gasteiger partial charge < -0.3 is 10.4 Å². The standard InChI is InChI=1S/C9H14FN3O/c1-6(3-7(2)14)13-9-11-4-8(10)5-12-9/h4-7,14H,3H2,1-2H3,(H,11,12,13). The van der Waals surface area contributed by atoms with Gasteiger partial charge in [0, 0.05) is 6.04 Å². The molecule has 0 saturated carbocycles. The van der Waals surface area contributed by atoms with Crippen LogP contribution in [-0.2, 0) is 0 Å². The van der Waals surface area contributed by atoms with Gasteiger partial charge in [0.25, 0.3) is 0 Å². The van der Waals surface area contributed by atoms with Gasteiger partial charge in [0.1, 0.15) is 0 Å². The predicted octanol–water partition coefficient (Wildman–Crippen LogP) is 1.19. The van der Waals surface area contributed by atoms with Crippen LogP contribution in [0, 0.1) is 5.82 Å². The molecule has 1 aromatic heterocycles. The summed E-state index contributed by atoms with van der Waals surface area (Å²) >= 11 is 0. The molecule has 2 N–H and O–H groups in total. The minimum absolute atomic E-state index is 0.0560. The zero-order chi connectivity index (χ0) is 10.6. The van der Waals surface area contributed by atoms with Gasteiger partial charge in [0.2, 0.25) is 5.95 Å². The van der Waals surface area contributed by atoms with Crippen molar-refractivity contribution in [3.05, 3.63) is 18.2 Å². The van der Waals surface area contributed by atoms with E-state index in [1.807, 2.05) is 6.92 Å². The molecule has 4 nitrogen and oxygen atoms in total. The second kappa shape index (κ2) is 4.85. The summed E-state index contributed by atoms with van der Waals surface area (Å²) in [5.74, 6) is -0.0849. The van der Waals surface area contributed by atoms with Crippen molar-refractivity contribution in [2.24, 2.45) is 0 Å². The monoisotopic (exact) mass is 199 g/mol. The summed E-state index contributed by atoms with van der Waals surface area (Å²) in [7, 11) is 0. The molecule has 0 aliphatic rings. The molecule has 0 radical (unpaired) electrons. The minimum Gasteiger partial charge on any atom is -0.393 e. The van der Waals surface area contributed by atoms with Gasteiger partial charge >= 0.3 is 0 Å². The first-order valence-corrected chi connectivity index (χ1v) is 4.50. The molecule has 2 unspecified atom stereocenters. The number of hydrogen-bond acceptors (Lipinski definition) is 4. The lowest BCUT2D eigenvalue weighted by Crippen LogP contribution is -2.21. The average Bonchev–Trinajstić information content (AvgIpc) is 2.07. The van der Waals surface area contributed by atoms with Crippen molar-refractivity contribution in [2.45, 2.75) is 32.4 Å². The highest BCUT2D eigenvalue weighted by atomic mass is 19.1. The molecule has 0 spiro atoms. The summed E-state index contributed by atoms with van der Waals surface area (Å²) in [6, 6.07) is 0.0560. The highest BCUT2D eigenvalue weighted by Crippen LogP contribution is 2.04. The highest BCUT2D eigenvalue weighted by molar-refractivity contribution is 5.23. The summed E-state index contributed by atoms with van der Waals surface area (Å²) in [6.07, 6.45) is 2.42. The van der Waals surface area contributed by atoms with Crippen molar-refractivity contribution < 1.29 is 9.50 Å². The van der Waals surface area contributed by atoms with E-state index in [2.05, 4.69) is 15.3 Å². The normalized spacial score (nSPS) is 14.9. The smallest absolute Gasteiger partial charge is 0.222 e. The second-order valence-corrected chi connectivity index (χ2v) is 3.35. The van der Waals surface area contributed by atoms with Gasteiger partial charge in [-0.25, -0.2) is 14.4 Å². The van der Waals surface area contributed by atoms with Crippen LogP contribution in [0.25, 0.3) is 0 Å². The fraction of sp³-hybridized carbons (Fsp3) is 0.556. The summed E-state index contributed by atoms with van der Waals surface area (Å²) in [4.78, 5) is 7.49. The van der Waals surface area contributed by atoms with Crippen LogP contribution < -0.4 is 5.32 Å². The Kier molecular flexibility index (Phi) is 3.76. The topological polar surface area (TPSA) is 58.0 Å². The number of nitrogens with one attached hydrogen (secondary N) is 1. The van der Waals surface area contributed by atoms with Gasteiger partial charge in [-0.15, -0.1) is 0 Å². The molecule has 0 bridgehead atoms. The van der Waals surface area contributed by atoms with Crippen LogP contribution in [0.15, 0.2) is 12.4 Å². The third-order valence-electron chi connectivity index (χ3n) is 1.69. The van der Waals surface area contributed by atoms with Crippen molar-refractivity contribution in [3.63, 3.8) is 0 Å². The number of anilines is 1. The quantitative estimate of drug-likeness (QED) is 0.764. The van der Waals surface area contributed by atoms with E-state index in [9.17, 15) is 4.39 Å². The van der Waals surface area contributed by atoms with Gasteiger partial charge in [0.05, 0.1) is 18.5 Å². The Morgan fingerprint density at radius 1 is 1.43 bits per heavy atom. The van der Waals surface area contributed by atoms with Crippen molar-refractivity contribution >= 4 is 5.95 Å². The van der Waals surface area contributed by atoms with Crippen LogP contribution in [0.4, 0.5) is 10.3 Å². The van der Waals surface area contributed by atoms with Crippen molar-refractivity contribution in [1.29, 1.82) is 0 Å². The van der Waals surface area contributed by atoms with Crippen LogP contribution in [-0.4, -0.2) is 27.2 Å². The molecule has 1 heterocycles. The molecule has 0 saturated heterocycles. The van der Waals surface area contributed by atoms with E-state index in [4.69, 9.17) is 5.11 Å². The number of hydrogen-bond donors (Lipinski definition) is 2. The largest absolute Gasteiger partial charge is 0.393 e. The molecule has 1 aromatic rings. The number of halogens is 1. The first kappa shape index (κ1) is 10.8. The van der Waals surface area contributed by atoms with Crippen LogP contribution in [0.2, 0.25) is 0 Å². The third-order valence-corrected chi connectivity index (χ3v) is 1.69. The number of aliphatic hydroxyl groups is 1. The van der Waals surface area contributed by atoms with Gasteiger partial charge in [0.15, 0.2) is 5.82 Å². The van der Waals surface area contributed by atoms with E-state index in [-0.39, 0.29) is 12.1 Å². The van der Waals surface area contributed by atoms with E-state index in [0.29, 0.717) is 12.4 Å². The molecule has 14 heavy (non-hydrogen) atoms. The molecule has 0 aromatic carbocycles. The minimum atomic E-state index is -0.460. The molecule has 0 aliphatic carbocycles. The summed E-state index contributed by atoms with van der Waals surface area (Å²) < 4.78 is 12.4. The fourth-order valence-corrected chi connectivity index (χ4v) is 1.18. The number of nitrogens with zero attached hydrogens (tertiary/aromatic N) is 2. The van der Waals surface area contributed by atoms with Gasteiger partial charge in [-0.2, -0.15) is 0 Å². The second-order valence-electron chi connectivity index (χ2n) is 3.35. The summed E-state index contributed by atoms with van der Waals surface area (Å²) in [5, 5.41) is 12.1. The lowest BCUT2D eigenvalue weighted by molar-refractivity contribution is 0.179. The maximum atomic E-state index is 12.4. The average molecular weight is 199 g/mol. The zero-order valence-corrected chi connectivity index (χ0v) is 8.24. The van der Waals surface area contributed by atoms with Gasteiger partial charge in [-0.1, -0.05) is 0 Å². The Balaban J connectivity index is 2.47. The molecule has 5 heteroatoms. The van der Waals surface area contributed by atoms with E-state index in [1.165, 1.54) is 0 Å². The Morgan fingerprint density at radius 3 is 2.50 bits per heavy atom. The first-order chi connectivity index (χ1) is 6.58. The van der Waals surface area contributed by atoms with E-state index < -0.39 is 5.82 Å². The summed E-state index contributed by atoms with van der Waals surface area (Å²) in [6.45, 7) is 3.61. The Labute approximate surface area is 82.2 Å². The molecule has 1 rings (SSSR count). The maximum Gasteiger partial charge on any atom is 0.222 e. The van der Waals surface area contributed by atoms with E-state index in [1.54, 1.807) is 6.92 Å². The van der Waals surface area contributed by atoms with Crippen molar-refractivity contribution in [2.75, 3.05) is 5.32 Å². The number of aromatic nitrogens is 2. The Hall–Kier alpha value is -1.23. The highest BCUT2D eigenvalue weighted by Gasteiger charge is 2.06. The lowest BCUT2D eigenvalue weighted by atomic mass is 10.2. The van der Waals surface area contributed by atoms with Crippen molar-refractivity contribution in [3.8, 4) is 0 Å². The molecule has 2 atom stereocenters. The lowest BCUT2D eigenvalue weighted by Gasteiger charge is -2.14. The molecule has 0 amide bonds. The first-order valence-electron chi connectivity index (χ1n) is 4.50. The number of aliphatic hydroxyl groups excluding tert-OH is 1. The summed E-state index contributed by atoms with van der Waals surface area (Å²) in [5.41, 5.74) is 0. The number of rotatable bonds is 4. The fourth-order valence-electron chi connectivity index (χ4n) is 1.18. The molecule has 0 aliphatic heterocycles. The van der Waals surface area contributed by atoms with Crippen LogP contribution >= 0.6 is 0 Å². The molecular weight excluding hydrogens is 185 g/mol. The van der Waals surface area contributed by atoms with Crippen LogP contribution in [0.5, 0.6) is 0 Å². The Morgan fingerprint density at radius 2 is 2.00 bits per heavy atom. The molecule has 78 valence electrons. The molecular formula is C9H14FN3O. The zero-order valence-electron chi connectivity index (χ0n) is 8.24. The molecule has 0 fully saturated rings. The van der Waals surface area contributed by atoms with Crippen molar-refractivity contribution in [1.82, 2.24) is 9.97 Å². The van der Waals surface area contributed by atoms with Crippen LogP contribution in [0.1, 0.15) is 20.3 Å². The SMILES string of the molecule is CC(O)CC(C)Nc1ncc(F)cn1. The van der Waals surface area contributed by atoms with Crippen LogP contribution in [0.3, 0.4) is 0 Å².